The van der Waals surface area contributed by atoms with Gasteiger partial charge in [-0.25, -0.2) is 0 Å². The Morgan fingerprint density at radius 3 is 2.25 bits per heavy atom. The van der Waals surface area contributed by atoms with E-state index in [1.165, 1.54) is 0 Å². The van der Waals surface area contributed by atoms with Gasteiger partial charge < -0.3 is 5.11 Å². The second kappa shape index (κ2) is 6.28. The van der Waals surface area contributed by atoms with E-state index in [1.54, 1.807) is 0 Å². The highest BCUT2D eigenvalue weighted by atomic mass is 16.4. The van der Waals surface area contributed by atoms with Crippen LogP contribution in [0.3, 0.4) is 0 Å². The third-order valence-corrected chi connectivity index (χ3v) is 2.81. The van der Waals surface area contributed by atoms with E-state index < -0.39 is 12.0 Å². The molecule has 0 saturated heterocycles. The first-order chi connectivity index (χ1) is 7.69. The molecule has 1 aromatic carbocycles. The molecule has 0 amide bonds. The molecule has 1 N–H and O–H groups in total. The Labute approximate surface area is 96.7 Å². The average molecular weight is 221 g/mol. The molecule has 0 spiro atoms. The zero-order chi connectivity index (χ0) is 12.0. The number of benzene rings is 1. The van der Waals surface area contributed by atoms with Crippen LogP contribution in [-0.2, 0) is 11.2 Å². The number of carboxylic acids is 1. The molecule has 0 bridgehead atoms. The summed E-state index contributed by atoms with van der Waals surface area (Å²) in [5.41, 5.74) is 1.07. The molecule has 0 aliphatic carbocycles. The summed E-state index contributed by atoms with van der Waals surface area (Å²) in [5, 5.41) is 9.23. The maximum absolute atomic E-state index is 11.2. The van der Waals surface area contributed by atoms with Gasteiger partial charge in [0.15, 0.2) is 0 Å². The van der Waals surface area contributed by atoms with Gasteiger partial charge >= 0.3 is 5.97 Å². The molecule has 3 nitrogen and oxygen atoms in total. The molecule has 0 aromatic heterocycles. The molecule has 1 aromatic rings. The number of aliphatic carboxylic acids is 1. The Balaban J connectivity index is 2.76. The third kappa shape index (κ3) is 3.35. The Bertz CT molecular complexity index is 320. The second-order valence-electron chi connectivity index (χ2n) is 3.76. The largest absolute Gasteiger partial charge is 0.480 e. The van der Waals surface area contributed by atoms with E-state index in [9.17, 15) is 9.90 Å². The molecule has 1 atom stereocenters. The minimum atomic E-state index is -0.743. The normalized spacial score (nSPS) is 12.7. The number of nitrogens with zero attached hydrogens (tertiary/aromatic N) is 1. The van der Waals surface area contributed by atoms with Crippen molar-refractivity contribution in [3.63, 3.8) is 0 Å². The lowest BCUT2D eigenvalue weighted by Crippen LogP contribution is -2.42. The van der Waals surface area contributed by atoms with Gasteiger partial charge in [-0.1, -0.05) is 44.2 Å². The van der Waals surface area contributed by atoms with Gasteiger partial charge in [0.05, 0.1) is 0 Å². The molecule has 0 radical (unpaired) electrons. The van der Waals surface area contributed by atoms with Gasteiger partial charge in [0.2, 0.25) is 0 Å². The Hall–Kier alpha value is -1.35. The highest BCUT2D eigenvalue weighted by Gasteiger charge is 2.23. The van der Waals surface area contributed by atoms with Gasteiger partial charge in [0, 0.05) is 0 Å². The monoisotopic (exact) mass is 221 g/mol. The van der Waals surface area contributed by atoms with Crippen LogP contribution in [-0.4, -0.2) is 35.1 Å². The van der Waals surface area contributed by atoms with Crippen molar-refractivity contribution in [3.8, 4) is 0 Å². The molecule has 16 heavy (non-hydrogen) atoms. The fourth-order valence-electron chi connectivity index (χ4n) is 1.87. The average Bonchev–Trinajstić information content (AvgIpc) is 2.30. The number of carbonyl (C=O) groups is 1. The third-order valence-electron chi connectivity index (χ3n) is 2.81. The summed E-state index contributed by atoms with van der Waals surface area (Å²) in [7, 11) is 0. The van der Waals surface area contributed by atoms with Crippen LogP contribution in [0.2, 0.25) is 0 Å². The molecule has 88 valence electrons. The summed E-state index contributed by atoms with van der Waals surface area (Å²) in [4.78, 5) is 13.2. The Kier molecular flexibility index (Phi) is 4.99. The predicted molar refractivity (Wildman–Crippen MR) is 64.5 cm³/mol. The highest BCUT2D eigenvalue weighted by molar-refractivity contribution is 5.73. The van der Waals surface area contributed by atoms with Gasteiger partial charge in [0.1, 0.15) is 6.04 Å². The summed E-state index contributed by atoms with van der Waals surface area (Å²) >= 11 is 0. The molecule has 1 rings (SSSR count). The van der Waals surface area contributed by atoms with E-state index in [0.717, 1.165) is 18.7 Å². The first kappa shape index (κ1) is 12.7. The van der Waals surface area contributed by atoms with Crippen molar-refractivity contribution in [2.24, 2.45) is 0 Å². The Morgan fingerprint density at radius 1 is 1.25 bits per heavy atom. The van der Waals surface area contributed by atoms with Crippen LogP contribution in [0.1, 0.15) is 19.4 Å². The summed E-state index contributed by atoms with van der Waals surface area (Å²) in [6.45, 7) is 5.51. The number of hydrogen-bond acceptors (Lipinski definition) is 2. The predicted octanol–water partition coefficient (Wildman–Crippen LogP) is 2.02. The molecule has 0 saturated carbocycles. The lowest BCUT2D eigenvalue weighted by Gasteiger charge is -2.26. The molecule has 0 heterocycles. The maximum Gasteiger partial charge on any atom is 0.321 e. The van der Waals surface area contributed by atoms with E-state index in [2.05, 4.69) is 0 Å². The van der Waals surface area contributed by atoms with E-state index >= 15 is 0 Å². The fourth-order valence-corrected chi connectivity index (χ4v) is 1.87. The van der Waals surface area contributed by atoms with Crippen molar-refractivity contribution >= 4 is 5.97 Å². The molecule has 0 aliphatic rings. The number of rotatable bonds is 6. The van der Waals surface area contributed by atoms with Crippen LogP contribution in [0.15, 0.2) is 30.3 Å². The summed E-state index contributed by atoms with van der Waals surface area (Å²) in [5.74, 6) is -0.743. The van der Waals surface area contributed by atoms with Crippen LogP contribution in [0.4, 0.5) is 0 Å². The zero-order valence-corrected chi connectivity index (χ0v) is 9.89. The van der Waals surface area contributed by atoms with Gasteiger partial charge in [-0.05, 0) is 25.1 Å². The van der Waals surface area contributed by atoms with Gasteiger partial charge in [-0.15, -0.1) is 0 Å². The SMILES string of the molecule is CCN(CC)[C@H](Cc1ccccc1)C(=O)O. The maximum atomic E-state index is 11.2. The Morgan fingerprint density at radius 2 is 1.81 bits per heavy atom. The van der Waals surface area contributed by atoms with Crippen LogP contribution >= 0.6 is 0 Å². The van der Waals surface area contributed by atoms with Crippen molar-refractivity contribution in [2.75, 3.05) is 13.1 Å². The quantitative estimate of drug-likeness (QED) is 0.799. The summed E-state index contributed by atoms with van der Waals surface area (Å²) < 4.78 is 0. The van der Waals surface area contributed by atoms with Crippen molar-refractivity contribution in [1.82, 2.24) is 4.90 Å². The van der Waals surface area contributed by atoms with Gasteiger partial charge in [-0.3, -0.25) is 9.69 Å². The van der Waals surface area contributed by atoms with Crippen LogP contribution < -0.4 is 0 Å². The van der Waals surface area contributed by atoms with Crippen molar-refractivity contribution in [2.45, 2.75) is 26.3 Å². The van der Waals surface area contributed by atoms with Crippen molar-refractivity contribution in [1.29, 1.82) is 0 Å². The van der Waals surface area contributed by atoms with Crippen molar-refractivity contribution < 1.29 is 9.90 Å². The van der Waals surface area contributed by atoms with E-state index in [4.69, 9.17) is 0 Å². The van der Waals surface area contributed by atoms with Crippen LogP contribution in [0, 0.1) is 0 Å². The lowest BCUT2D eigenvalue weighted by atomic mass is 10.0. The second-order valence-corrected chi connectivity index (χ2v) is 3.76. The first-order valence-electron chi connectivity index (χ1n) is 5.69. The van der Waals surface area contributed by atoms with E-state index in [0.29, 0.717) is 6.42 Å². The van der Waals surface area contributed by atoms with Crippen LogP contribution in [0.25, 0.3) is 0 Å². The number of likely N-dealkylation sites (N-methyl/N-ethyl adjacent to an activating group) is 1. The van der Waals surface area contributed by atoms with Crippen LogP contribution in [0.5, 0.6) is 0 Å². The van der Waals surface area contributed by atoms with Gasteiger partial charge in [-0.2, -0.15) is 0 Å². The van der Waals surface area contributed by atoms with E-state index in [1.807, 2.05) is 49.1 Å². The first-order valence-corrected chi connectivity index (χ1v) is 5.69. The topological polar surface area (TPSA) is 40.5 Å². The molecular weight excluding hydrogens is 202 g/mol. The van der Waals surface area contributed by atoms with E-state index in [-0.39, 0.29) is 0 Å². The molecule has 3 heteroatoms. The summed E-state index contributed by atoms with van der Waals surface area (Å²) in [6, 6.07) is 9.35. The molecule has 0 fully saturated rings. The minimum Gasteiger partial charge on any atom is -0.480 e. The smallest absolute Gasteiger partial charge is 0.321 e. The molecule has 0 unspecified atom stereocenters. The number of hydrogen-bond donors (Lipinski definition) is 1. The summed E-state index contributed by atoms with van der Waals surface area (Å²) in [6.07, 6.45) is 0.567. The fraction of sp³-hybridized carbons (Fsp3) is 0.462. The minimum absolute atomic E-state index is 0.419. The zero-order valence-electron chi connectivity index (χ0n) is 9.89. The molecule has 0 aliphatic heterocycles. The number of carboxylic acid groups (broad SMARTS) is 1. The van der Waals surface area contributed by atoms with Gasteiger partial charge in [0.25, 0.3) is 0 Å². The highest BCUT2D eigenvalue weighted by Crippen LogP contribution is 2.09. The standard InChI is InChI=1S/C13H19NO2/c1-3-14(4-2)12(13(15)16)10-11-8-6-5-7-9-11/h5-9,12H,3-4,10H2,1-2H3,(H,15,16)/t12-/m1/s1. The lowest BCUT2D eigenvalue weighted by molar-refractivity contribution is -0.143. The van der Waals surface area contributed by atoms with Crippen molar-refractivity contribution in [3.05, 3.63) is 35.9 Å². The molecular formula is C13H19NO2.